The minimum absolute atomic E-state index is 0.142. The molecule has 0 spiro atoms. The molecule has 4 heteroatoms. The molecule has 0 saturated heterocycles. The monoisotopic (exact) mass is 1110 g/mol. The number of nitrogens with zero attached hydrogens (tertiary/aromatic N) is 4. The summed E-state index contributed by atoms with van der Waals surface area (Å²) in [5.74, 6) is 0. The van der Waals surface area contributed by atoms with Crippen molar-refractivity contribution >= 4 is 110 Å². The van der Waals surface area contributed by atoms with Gasteiger partial charge in [-0.3, -0.25) is 0 Å². The van der Waals surface area contributed by atoms with E-state index in [0.29, 0.717) is 0 Å². The molecule has 2 aliphatic carbocycles. The lowest BCUT2D eigenvalue weighted by molar-refractivity contribution is 0.594. The molecule has 11 aromatic carbocycles. The van der Waals surface area contributed by atoms with Gasteiger partial charge in [-0.05, 0) is 180 Å². The van der Waals surface area contributed by atoms with E-state index in [1.807, 2.05) is 0 Å². The Morgan fingerprint density at radius 1 is 0.302 bits per heavy atom. The van der Waals surface area contributed by atoms with Crippen LogP contribution in [0.1, 0.15) is 101 Å². The number of hydrogen-bond donors (Lipinski definition) is 0. The van der Waals surface area contributed by atoms with Crippen molar-refractivity contribution in [3.8, 4) is 22.3 Å². The maximum absolute atomic E-state index is 2.68. The molecule has 0 atom stereocenters. The highest BCUT2D eigenvalue weighted by atomic mass is 15.2. The SMILES string of the molecule is CC(C)(C)c1cccc2c3c(N(c4ccccc4)c4cc5c(cc4-c4ccccc4)CCCC5)ccc4c5cc6c(cc5n(c12)c43)c1ccc(N(c2ccccc2)c2cc3c(cc2-c2ccccc2)CCCC3)c2c3cccc(C(C)(C)C)c3n6c12. The molecule has 0 fully saturated rings. The Morgan fingerprint density at radius 2 is 0.663 bits per heavy atom. The summed E-state index contributed by atoms with van der Waals surface area (Å²) < 4.78 is 5.37. The second kappa shape index (κ2) is 19.1. The third-order valence-corrected chi connectivity index (χ3v) is 19.7. The maximum atomic E-state index is 2.68. The van der Waals surface area contributed by atoms with Gasteiger partial charge in [-0.25, -0.2) is 0 Å². The lowest BCUT2D eigenvalue weighted by atomic mass is 9.85. The molecule has 0 radical (unpaired) electrons. The molecule has 0 aliphatic heterocycles. The molecule has 2 aliphatic rings. The molecule has 17 rings (SSSR count). The predicted octanol–water partition coefficient (Wildman–Crippen LogP) is 22.6. The van der Waals surface area contributed by atoms with Gasteiger partial charge in [0.05, 0.1) is 55.8 Å². The molecule has 0 unspecified atom stereocenters. The number of fused-ring (bicyclic) bond motifs is 14. The fraction of sp³-hybridized carbons (Fsp3) is 0.195. The Balaban J connectivity index is 0.988. The Bertz CT molecular complexity index is 4840. The van der Waals surface area contributed by atoms with E-state index >= 15 is 0 Å². The summed E-state index contributed by atoms with van der Waals surface area (Å²) >= 11 is 0. The van der Waals surface area contributed by atoms with Gasteiger partial charge in [0, 0.05) is 65.6 Å². The maximum Gasteiger partial charge on any atom is 0.0641 e. The molecular weight excluding hydrogens is 1040 g/mol. The fourth-order valence-corrected chi connectivity index (χ4v) is 15.8. The van der Waals surface area contributed by atoms with Gasteiger partial charge in [-0.15, -0.1) is 0 Å². The summed E-state index contributed by atoms with van der Waals surface area (Å²) in [6.45, 7) is 14.3. The molecule has 0 amide bonds. The number of aryl methyl sites for hydroxylation is 4. The molecule has 4 aromatic heterocycles. The van der Waals surface area contributed by atoms with Gasteiger partial charge >= 0.3 is 0 Å². The molecule has 0 saturated carbocycles. The first kappa shape index (κ1) is 51.1. The molecule has 4 heterocycles. The summed E-state index contributed by atoms with van der Waals surface area (Å²) in [4.78, 5) is 5.20. The van der Waals surface area contributed by atoms with Crippen LogP contribution in [-0.2, 0) is 36.5 Å². The van der Waals surface area contributed by atoms with E-state index in [1.54, 1.807) is 0 Å². The number of hydrogen-bond acceptors (Lipinski definition) is 2. The zero-order valence-corrected chi connectivity index (χ0v) is 50.2. The second-order valence-electron chi connectivity index (χ2n) is 26.9. The first-order valence-electron chi connectivity index (χ1n) is 31.5. The molecule has 418 valence electrons. The normalized spacial score (nSPS) is 14.0. The van der Waals surface area contributed by atoms with Crippen molar-refractivity contribution in [1.82, 2.24) is 8.80 Å². The highest BCUT2D eigenvalue weighted by molar-refractivity contribution is 6.33. The van der Waals surface area contributed by atoms with Crippen LogP contribution in [0.2, 0.25) is 0 Å². The van der Waals surface area contributed by atoms with Crippen LogP contribution in [0.4, 0.5) is 34.1 Å². The number of rotatable bonds is 8. The number of aromatic nitrogens is 2. The Kier molecular flexibility index (Phi) is 11.3. The first-order valence-corrected chi connectivity index (χ1v) is 31.5. The average molecular weight is 1110 g/mol. The van der Waals surface area contributed by atoms with E-state index in [1.165, 1.54) is 180 Å². The van der Waals surface area contributed by atoms with Crippen molar-refractivity contribution in [2.75, 3.05) is 9.80 Å². The van der Waals surface area contributed by atoms with Gasteiger partial charge < -0.3 is 18.6 Å². The lowest BCUT2D eigenvalue weighted by Crippen LogP contribution is -2.14. The van der Waals surface area contributed by atoms with E-state index in [-0.39, 0.29) is 10.8 Å². The number of para-hydroxylation sites is 4. The predicted molar refractivity (Wildman–Crippen MR) is 367 cm³/mol. The van der Waals surface area contributed by atoms with Crippen molar-refractivity contribution in [3.05, 3.63) is 252 Å². The van der Waals surface area contributed by atoms with Gasteiger partial charge in [0.2, 0.25) is 0 Å². The van der Waals surface area contributed by atoms with Gasteiger partial charge in [0.15, 0.2) is 0 Å². The summed E-state index contributed by atoms with van der Waals surface area (Å²) in [7, 11) is 0. The smallest absolute Gasteiger partial charge is 0.0641 e. The van der Waals surface area contributed by atoms with Crippen LogP contribution >= 0.6 is 0 Å². The van der Waals surface area contributed by atoms with Crippen molar-refractivity contribution in [3.63, 3.8) is 0 Å². The summed E-state index contributed by atoms with van der Waals surface area (Å²) in [5, 5.41) is 10.2. The third kappa shape index (κ3) is 7.60. The van der Waals surface area contributed by atoms with E-state index < -0.39 is 0 Å². The summed E-state index contributed by atoms with van der Waals surface area (Å²) in [6, 6.07) is 83.9. The largest absolute Gasteiger partial charge is 0.309 e. The van der Waals surface area contributed by atoms with Crippen LogP contribution in [-0.4, -0.2) is 8.80 Å². The van der Waals surface area contributed by atoms with Crippen molar-refractivity contribution in [1.29, 1.82) is 0 Å². The third-order valence-electron chi connectivity index (χ3n) is 19.7. The van der Waals surface area contributed by atoms with E-state index in [4.69, 9.17) is 0 Å². The fourth-order valence-electron chi connectivity index (χ4n) is 15.8. The first-order chi connectivity index (χ1) is 42.0. The lowest BCUT2D eigenvalue weighted by Gasteiger charge is -2.31. The van der Waals surface area contributed by atoms with Crippen LogP contribution < -0.4 is 9.80 Å². The topological polar surface area (TPSA) is 15.3 Å². The molecule has 15 aromatic rings. The molecule has 4 nitrogen and oxygen atoms in total. The highest BCUT2D eigenvalue weighted by Crippen LogP contribution is 2.55. The Hall–Kier alpha value is -9.38. The molecule has 0 N–H and O–H groups in total. The number of benzene rings is 11. The Morgan fingerprint density at radius 3 is 1.03 bits per heavy atom. The number of anilines is 6. The van der Waals surface area contributed by atoms with Gasteiger partial charge in [-0.1, -0.05) is 187 Å². The van der Waals surface area contributed by atoms with E-state index in [2.05, 4.69) is 279 Å². The van der Waals surface area contributed by atoms with Crippen LogP contribution in [0.15, 0.2) is 218 Å². The van der Waals surface area contributed by atoms with E-state index in [9.17, 15) is 0 Å². The second-order valence-corrected chi connectivity index (χ2v) is 26.9. The summed E-state index contributed by atoms with van der Waals surface area (Å²) in [6.07, 6.45) is 9.35. The van der Waals surface area contributed by atoms with Crippen molar-refractivity contribution < 1.29 is 0 Å². The summed E-state index contributed by atoms with van der Waals surface area (Å²) in [5.41, 5.74) is 28.1. The van der Waals surface area contributed by atoms with Crippen molar-refractivity contribution in [2.24, 2.45) is 0 Å². The zero-order chi connectivity index (χ0) is 57.7. The average Bonchev–Trinajstić information content (AvgIpc) is 1.56. The molecule has 86 heavy (non-hydrogen) atoms. The van der Waals surface area contributed by atoms with Crippen molar-refractivity contribution in [2.45, 2.75) is 104 Å². The van der Waals surface area contributed by atoms with Gasteiger partial charge in [0.25, 0.3) is 0 Å². The standard InChI is InChI=1S/C82H70N4/c1-81(2,3)67-39-23-37-61-75-69(83(57-33-15-9-16-34-57)71-47-55-31-21-19-29-53(55)45-63(71)51-25-11-7-12-26-51)43-41-59-65-50-74-66(49-73(65)85(77(61)67)79(59)75)60-42-44-70(76-62-38-24-40-68(82(4,5)6)78(62)86(74)80(60)76)84(58-35-17-10-18-36-58)72-48-56-32-22-20-30-54(56)46-64(72)52-27-13-8-14-28-52/h7-18,23-28,33-50H,19-22,29-32H2,1-6H3. The van der Waals surface area contributed by atoms with Crippen LogP contribution in [0, 0.1) is 0 Å². The molecular formula is C82H70N4. The quantitative estimate of drug-likeness (QED) is 0.151. The minimum atomic E-state index is -0.142. The molecule has 0 bridgehead atoms. The van der Waals surface area contributed by atoms with Crippen LogP contribution in [0.25, 0.3) is 98.4 Å². The van der Waals surface area contributed by atoms with Crippen LogP contribution in [0.5, 0.6) is 0 Å². The minimum Gasteiger partial charge on any atom is -0.309 e. The van der Waals surface area contributed by atoms with Gasteiger partial charge in [0.1, 0.15) is 0 Å². The van der Waals surface area contributed by atoms with E-state index in [0.717, 1.165) is 37.1 Å². The zero-order valence-electron chi connectivity index (χ0n) is 50.2. The highest BCUT2D eigenvalue weighted by Gasteiger charge is 2.33. The van der Waals surface area contributed by atoms with Gasteiger partial charge in [-0.2, -0.15) is 0 Å². The Labute approximate surface area is 503 Å². The van der Waals surface area contributed by atoms with Crippen LogP contribution in [0.3, 0.4) is 0 Å².